The first kappa shape index (κ1) is 13.4. The summed E-state index contributed by atoms with van der Waals surface area (Å²) in [5.41, 5.74) is -1.06. The van der Waals surface area contributed by atoms with Crippen molar-refractivity contribution in [3.8, 4) is 11.8 Å². The first-order valence-electron chi connectivity index (χ1n) is 4.59. The van der Waals surface area contributed by atoms with Crippen molar-refractivity contribution in [2.75, 3.05) is 7.11 Å². The molecule has 8 nitrogen and oxygen atoms in total. The van der Waals surface area contributed by atoms with Crippen LogP contribution in [0.2, 0.25) is 0 Å². The van der Waals surface area contributed by atoms with Crippen LogP contribution in [0, 0.1) is 21.4 Å². The highest BCUT2D eigenvalue weighted by molar-refractivity contribution is 5.76. The van der Waals surface area contributed by atoms with Gasteiger partial charge in [0.25, 0.3) is 5.69 Å². The largest absolute Gasteiger partial charge is 0.495 e. The van der Waals surface area contributed by atoms with E-state index in [2.05, 4.69) is 0 Å². The van der Waals surface area contributed by atoms with Crippen molar-refractivity contribution in [3.63, 3.8) is 0 Å². The summed E-state index contributed by atoms with van der Waals surface area (Å²) in [5.74, 6) is -1.80. The Hall–Kier alpha value is -2.66. The maximum absolute atomic E-state index is 10.7. The van der Waals surface area contributed by atoms with Crippen molar-refractivity contribution in [1.82, 2.24) is 0 Å². The average Bonchev–Trinajstić information content (AvgIpc) is 2.35. The van der Waals surface area contributed by atoms with Crippen LogP contribution in [0.25, 0.3) is 0 Å². The minimum Gasteiger partial charge on any atom is -0.495 e. The topological polar surface area (TPSA) is 134 Å². The number of nitriles is 1. The normalized spacial score (nSPS) is 11.4. The van der Waals surface area contributed by atoms with Crippen LogP contribution in [-0.4, -0.2) is 28.2 Å². The van der Waals surface area contributed by atoms with Gasteiger partial charge in [-0.1, -0.05) is 0 Å². The number of ether oxygens (including phenoxy) is 1. The molecule has 0 radical (unpaired) electrons. The van der Waals surface area contributed by atoms with E-state index < -0.39 is 22.7 Å². The number of nitro benzene ring substituents is 1. The zero-order chi connectivity index (χ0) is 13.9. The maximum Gasteiger partial charge on any atom is 0.337 e. The van der Waals surface area contributed by atoms with E-state index in [1.807, 2.05) is 0 Å². The number of aliphatic hydroxyl groups is 1. The minimum atomic E-state index is -2.01. The first-order chi connectivity index (χ1) is 8.42. The monoisotopic (exact) mass is 252 g/mol. The van der Waals surface area contributed by atoms with Crippen molar-refractivity contribution in [3.05, 3.63) is 33.4 Å². The number of hydrogen-bond donors (Lipinski definition) is 2. The molecule has 1 unspecified atom stereocenters. The van der Waals surface area contributed by atoms with Crippen molar-refractivity contribution in [2.45, 2.75) is 6.10 Å². The molecule has 18 heavy (non-hydrogen) atoms. The third-order valence-corrected chi connectivity index (χ3v) is 2.17. The fraction of sp³-hybridized carbons (Fsp3) is 0.200. The summed E-state index contributed by atoms with van der Waals surface area (Å²) in [6.45, 7) is 0. The van der Waals surface area contributed by atoms with Crippen LogP contribution in [0.3, 0.4) is 0 Å². The van der Waals surface area contributed by atoms with Crippen LogP contribution in [0.15, 0.2) is 12.1 Å². The molecule has 0 heterocycles. The van der Waals surface area contributed by atoms with Gasteiger partial charge < -0.3 is 14.9 Å². The lowest BCUT2D eigenvalue weighted by Gasteiger charge is -2.12. The van der Waals surface area contributed by atoms with Crippen LogP contribution in [-0.2, 0) is 4.79 Å². The fourth-order valence-corrected chi connectivity index (χ4v) is 1.39. The molecule has 0 saturated heterocycles. The lowest BCUT2D eigenvalue weighted by molar-refractivity contribution is -0.385. The Morgan fingerprint density at radius 1 is 1.61 bits per heavy atom. The van der Waals surface area contributed by atoms with Gasteiger partial charge in [-0.3, -0.25) is 10.1 Å². The summed E-state index contributed by atoms with van der Waals surface area (Å²) in [6, 6.07) is 3.44. The predicted molar refractivity (Wildman–Crippen MR) is 57.0 cm³/mol. The Kier molecular flexibility index (Phi) is 3.81. The van der Waals surface area contributed by atoms with Gasteiger partial charge in [-0.05, 0) is 0 Å². The molecule has 1 aromatic carbocycles. The first-order valence-corrected chi connectivity index (χ1v) is 4.59. The van der Waals surface area contributed by atoms with Crippen molar-refractivity contribution in [1.29, 1.82) is 5.26 Å². The molecule has 0 spiro atoms. The Balaban J connectivity index is 3.56. The summed E-state index contributed by atoms with van der Waals surface area (Å²) in [7, 11) is 1.17. The number of non-ortho nitro benzene ring substituents is 1. The molecule has 8 heteroatoms. The molecule has 1 atom stereocenters. The van der Waals surface area contributed by atoms with Crippen LogP contribution in [0.4, 0.5) is 5.69 Å². The quantitative estimate of drug-likeness (QED) is 0.591. The van der Waals surface area contributed by atoms with Crippen LogP contribution < -0.4 is 4.74 Å². The van der Waals surface area contributed by atoms with Gasteiger partial charge in [0.05, 0.1) is 12.0 Å². The van der Waals surface area contributed by atoms with Crippen molar-refractivity contribution < 1.29 is 24.7 Å². The lowest BCUT2D eigenvalue weighted by atomic mass is 10.0. The lowest BCUT2D eigenvalue weighted by Crippen LogP contribution is -2.13. The smallest absolute Gasteiger partial charge is 0.337 e. The minimum absolute atomic E-state index is 0.196. The summed E-state index contributed by atoms with van der Waals surface area (Å²) in [5, 5.41) is 37.6. The number of benzene rings is 1. The number of nitro groups is 1. The average molecular weight is 252 g/mol. The van der Waals surface area contributed by atoms with Gasteiger partial charge in [-0.15, -0.1) is 0 Å². The second-order valence-corrected chi connectivity index (χ2v) is 3.23. The van der Waals surface area contributed by atoms with Gasteiger partial charge in [0, 0.05) is 17.7 Å². The molecule has 94 valence electrons. The van der Waals surface area contributed by atoms with Gasteiger partial charge in [0.1, 0.15) is 17.4 Å². The molecule has 0 aromatic heterocycles. The zero-order valence-corrected chi connectivity index (χ0v) is 9.15. The van der Waals surface area contributed by atoms with Crippen molar-refractivity contribution in [2.24, 2.45) is 0 Å². The molecule has 0 saturated carbocycles. The number of aliphatic carboxylic acids is 1. The Labute approximate surface area is 101 Å². The number of carbonyl (C=O) groups is 1. The second kappa shape index (κ2) is 5.11. The van der Waals surface area contributed by atoms with Crippen molar-refractivity contribution >= 4 is 11.7 Å². The van der Waals surface area contributed by atoms with E-state index in [4.69, 9.17) is 15.1 Å². The van der Waals surface area contributed by atoms with Gasteiger partial charge in [-0.2, -0.15) is 5.26 Å². The number of rotatable bonds is 4. The molecule has 0 aliphatic carbocycles. The highest BCUT2D eigenvalue weighted by Gasteiger charge is 2.26. The van der Waals surface area contributed by atoms with E-state index in [0.29, 0.717) is 0 Å². The molecule has 2 N–H and O–H groups in total. The fourth-order valence-electron chi connectivity index (χ4n) is 1.39. The molecular formula is C10H8N2O6. The number of hydrogen-bond acceptors (Lipinski definition) is 6. The van der Waals surface area contributed by atoms with E-state index >= 15 is 0 Å². The number of nitrogens with zero attached hydrogens (tertiary/aromatic N) is 2. The highest BCUT2D eigenvalue weighted by Crippen LogP contribution is 2.33. The van der Waals surface area contributed by atoms with Gasteiger partial charge in [-0.25, -0.2) is 4.79 Å². The molecule has 0 amide bonds. The standard InChI is InChI=1S/C10H8N2O6/c1-18-9-5(4-11)2-6(12(16)17)3-7(9)8(13)10(14)15/h2-3,8,13H,1H3,(H,14,15). The molecule has 1 aromatic rings. The molecule has 1 rings (SSSR count). The van der Waals surface area contributed by atoms with E-state index in [1.165, 1.54) is 7.11 Å². The Morgan fingerprint density at radius 2 is 2.22 bits per heavy atom. The summed E-state index contributed by atoms with van der Waals surface area (Å²) < 4.78 is 4.80. The number of methoxy groups -OCH3 is 1. The number of aliphatic hydroxyl groups excluding tert-OH is 1. The summed E-state index contributed by atoms with van der Waals surface area (Å²) >= 11 is 0. The summed E-state index contributed by atoms with van der Waals surface area (Å²) in [4.78, 5) is 20.5. The number of carboxylic acids is 1. The Morgan fingerprint density at radius 3 is 2.61 bits per heavy atom. The van der Waals surface area contributed by atoms with Crippen LogP contribution in [0.5, 0.6) is 5.75 Å². The summed E-state index contributed by atoms with van der Waals surface area (Å²) in [6.07, 6.45) is -2.01. The maximum atomic E-state index is 10.7. The van der Waals surface area contributed by atoms with Crippen LogP contribution in [0.1, 0.15) is 17.2 Å². The zero-order valence-electron chi connectivity index (χ0n) is 9.15. The van der Waals surface area contributed by atoms with Gasteiger partial charge in [0.2, 0.25) is 0 Å². The second-order valence-electron chi connectivity index (χ2n) is 3.23. The van der Waals surface area contributed by atoms with Gasteiger partial charge in [0.15, 0.2) is 6.10 Å². The molecular weight excluding hydrogens is 244 g/mol. The molecule has 0 fully saturated rings. The van der Waals surface area contributed by atoms with Crippen LogP contribution >= 0.6 is 0 Å². The molecule has 0 bridgehead atoms. The SMILES string of the molecule is COc1c(C#N)cc([N+](=O)[O-])cc1C(O)C(=O)O. The van der Waals surface area contributed by atoms with Gasteiger partial charge >= 0.3 is 5.97 Å². The third-order valence-electron chi connectivity index (χ3n) is 2.17. The highest BCUT2D eigenvalue weighted by atomic mass is 16.6. The van der Waals surface area contributed by atoms with E-state index in [-0.39, 0.29) is 16.9 Å². The molecule has 0 aliphatic heterocycles. The third kappa shape index (κ3) is 2.36. The predicted octanol–water partition coefficient (Wildman–Crippen LogP) is 0.593. The van der Waals surface area contributed by atoms with E-state index in [1.54, 1.807) is 6.07 Å². The van der Waals surface area contributed by atoms with E-state index in [9.17, 15) is 20.0 Å². The number of carboxylic acid groups (broad SMARTS) is 1. The Bertz CT molecular complexity index is 548. The van der Waals surface area contributed by atoms with E-state index in [0.717, 1.165) is 12.1 Å². The molecule has 0 aliphatic rings.